The molecule has 6 nitrogen and oxygen atoms in total. The maximum Gasteiger partial charge on any atom is 0.200 e. The quantitative estimate of drug-likeness (QED) is 0.205. The Labute approximate surface area is 234 Å². The first kappa shape index (κ1) is 27.9. The van der Waals surface area contributed by atoms with Gasteiger partial charge >= 0.3 is 0 Å². The lowest BCUT2D eigenvalue weighted by molar-refractivity contribution is 0.120. The van der Waals surface area contributed by atoms with Gasteiger partial charge in [-0.1, -0.05) is 30.3 Å². The summed E-state index contributed by atoms with van der Waals surface area (Å²) >= 11 is 0. The fourth-order valence-corrected chi connectivity index (χ4v) is 5.39. The van der Waals surface area contributed by atoms with Gasteiger partial charge in [0.2, 0.25) is 0 Å². The molecule has 1 saturated heterocycles. The van der Waals surface area contributed by atoms with Gasteiger partial charge in [-0.2, -0.15) is 0 Å². The highest BCUT2D eigenvalue weighted by atomic mass is 19.1. The Balaban J connectivity index is 1.05. The van der Waals surface area contributed by atoms with Gasteiger partial charge < -0.3 is 18.8 Å². The van der Waals surface area contributed by atoms with E-state index in [4.69, 9.17) is 13.9 Å². The van der Waals surface area contributed by atoms with E-state index in [1.54, 1.807) is 25.3 Å². The number of nitrogens with zero attached hydrogens (tertiary/aromatic N) is 2. The number of methoxy groups -OCH3 is 1. The molecule has 3 aromatic carbocycles. The zero-order valence-electron chi connectivity index (χ0n) is 23.3. The fourth-order valence-electron chi connectivity index (χ4n) is 5.39. The van der Waals surface area contributed by atoms with E-state index in [0.717, 1.165) is 62.2 Å². The second-order valence-corrected chi connectivity index (χ2v) is 10.5. The van der Waals surface area contributed by atoms with Gasteiger partial charge in [-0.3, -0.25) is 9.69 Å². The molecule has 7 heteroatoms. The summed E-state index contributed by atoms with van der Waals surface area (Å²) in [5.41, 5.74) is 2.53. The minimum Gasteiger partial charge on any atom is -0.497 e. The van der Waals surface area contributed by atoms with Crippen molar-refractivity contribution in [1.82, 2.24) is 9.80 Å². The summed E-state index contributed by atoms with van der Waals surface area (Å²) in [7, 11) is 3.81. The molecule has 5 rings (SSSR count). The third-order valence-corrected chi connectivity index (χ3v) is 7.85. The monoisotopic (exact) mass is 544 g/mol. The largest absolute Gasteiger partial charge is 0.497 e. The van der Waals surface area contributed by atoms with Crippen LogP contribution in [0.2, 0.25) is 0 Å². The first-order chi connectivity index (χ1) is 19.5. The molecule has 0 aliphatic carbocycles. The lowest BCUT2D eigenvalue weighted by Gasteiger charge is -2.36. The number of benzene rings is 3. The minimum absolute atomic E-state index is 0.0703. The maximum atomic E-state index is 14.0. The van der Waals surface area contributed by atoms with E-state index < -0.39 is 0 Å². The number of halogens is 1. The predicted molar refractivity (Wildman–Crippen MR) is 157 cm³/mol. The fraction of sp³-hybridized carbons (Fsp3) is 0.364. The van der Waals surface area contributed by atoms with E-state index in [1.807, 2.05) is 42.5 Å². The van der Waals surface area contributed by atoms with Crippen molar-refractivity contribution in [3.8, 4) is 22.6 Å². The SMILES string of the molecule is COc1ccc(-c2coc3cc(OCCCCN(C)C4CCN(Cc5ccccc5F)CC4)ccc3c2=O)cc1. The van der Waals surface area contributed by atoms with Crippen LogP contribution in [0.5, 0.6) is 11.5 Å². The van der Waals surface area contributed by atoms with Gasteiger partial charge in [0, 0.05) is 24.2 Å². The van der Waals surface area contributed by atoms with Crippen LogP contribution in [0.15, 0.2) is 82.2 Å². The molecule has 210 valence electrons. The van der Waals surface area contributed by atoms with E-state index in [1.165, 1.54) is 12.3 Å². The van der Waals surface area contributed by atoms with Gasteiger partial charge in [-0.15, -0.1) is 0 Å². The molecule has 1 fully saturated rings. The van der Waals surface area contributed by atoms with Gasteiger partial charge in [0.25, 0.3) is 0 Å². The van der Waals surface area contributed by atoms with Crippen molar-refractivity contribution in [2.45, 2.75) is 38.3 Å². The topological polar surface area (TPSA) is 55.2 Å². The smallest absolute Gasteiger partial charge is 0.200 e. The van der Waals surface area contributed by atoms with Gasteiger partial charge in [-0.05, 0) is 88.3 Å². The van der Waals surface area contributed by atoms with Gasteiger partial charge in [0.15, 0.2) is 5.43 Å². The average molecular weight is 545 g/mol. The molecular weight excluding hydrogens is 507 g/mol. The summed E-state index contributed by atoms with van der Waals surface area (Å²) in [5.74, 6) is 1.32. The zero-order valence-corrected chi connectivity index (χ0v) is 23.3. The second kappa shape index (κ2) is 13.1. The van der Waals surface area contributed by atoms with Crippen molar-refractivity contribution in [1.29, 1.82) is 0 Å². The zero-order chi connectivity index (χ0) is 27.9. The molecule has 40 heavy (non-hydrogen) atoms. The van der Waals surface area contributed by atoms with Crippen LogP contribution in [-0.4, -0.2) is 56.2 Å². The van der Waals surface area contributed by atoms with Gasteiger partial charge in [-0.25, -0.2) is 4.39 Å². The number of rotatable bonds is 11. The van der Waals surface area contributed by atoms with Gasteiger partial charge in [0.05, 0.1) is 24.7 Å². The Morgan fingerprint density at radius 3 is 2.50 bits per heavy atom. The highest BCUT2D eigenvalue weighted by Gasteiger charge is 2.22. The molecule has 0 saturated carbocycles. The van der Waals surface area contributed by atoms with Crippen molar-refractivity contribution < 1.29 is 18.3 Å². The van der Waals surface area contributed by atoms with Crippen LogP contribution < -0.4 is 14.9 Å². The molecule has 4 aromatic rings. The third-order valence-electron chi connectivity index (χ3n) is 7.85. The molecular formula is C33H37FN2O4. The van der Waals surface area contributed by atoms with Crippen LogP contribution in [0.4, 0.5) is 4.39 Å². The van der Waals surface area contributed by atoms with E-state index in [-0.39, 0.29) is 11.2 Å². The summed E-state index contributed by atoms with van der Waals surface area (Å²) in [4.78, 5) is 17.8. The maximum absolute atomic E-state index is 14.0. The highest BCUT2D eigenvalue weighted by molar-refractivity contribution is 5.82. The van der Waals surface area contributed by atoms with Crippen LogP contribution in [0.3, 0.4) is 0 Å². The van der Waals surface area contributed by atoms with E-state index >= 15 is 0 Å². The number of fused-ring (bicyclic) bond motifs is 1. The van der Waals surface area contributed by atoms with Crippen LogP contribution in [0, 0.1) is 5.82 Å². The van der Waals surface area contributed by atoms with E-state index in [2.05, 4.69) is 16.8 Å². The Kier molecular flexibility index (Phi) is 9.14. The molecule has 0 amide bonds. The first-order valence-electron chi connectivity index (χ1n) is 14.0. The van der Waals surface area contributed by atoms with E-state index in [0.29, 0.717) is 41.5 Å². The summed E-state index contributed by atoms with van der Waals surface area (Å²) < 4.78 is 31.0. The van der Waals surface area contributed by atoms with Crippen molar-refractivity contribution in [3.05, 3.63) is 94.6 Å². The highest BCUT2D eigenvalue weighted by Crippen LogP contribution is 2.25. The molecule has 2 heterocycles. The van der Waals surface area contributed by atoms with Crippen LogP contribution in [0.1, 0.15) is 31.2 Å². The number of piperidine rings is 1. The molecule has 0 radical (unpaired) electrons. The second-order valence-electron chi connectivity index (χ2n) is 10.5. The molecule has 1 aliphatic rings. The summed E-state index contributed by atoms with van der Waals surface area (Å²) in [6, 6.07) is 20.4. The van der Waals surface area contributed by atoms with Crippen LogP contribution in [-0.2, 0) is 6.54 Å². The number of likely N-dealkylation sites (tertiary alicyclic amines) is 1. The van der Waals surface area contributed by atoms with Crippen molar-refractivity contribution in [2.24, 2.45) is 0 Å². The van der Waals surface area contributed by atoms with Crippen molar-refractivity contribution >= 4 is 11.0 Å². The molecule has 1 aliphatic heterocycles. The average Bonchev–Trinajstić information content (AvgIpc) is 2.99. The Morgan fingerprint density at radius 2 is 1.75 bits per heavy atom. The predicted octanol–water partition coefficient (Wildman–Crippen LogP) is 6.36. The molecule has 1 aromatic heterocycles. The number of unbranched alkanes of at least 4 members (excludes halogenated alkanes) is 1. The Hall–Kier alpha value is -3.68. The molecule has 0 bridgehead atoms. The molecule has 0 atom stereocenters. The standard InChI is InChI=1S/C33H37FN2O4/c1-35(26-15-18-36(19-16-26)22-25-7-3-4-8-31(25)34)17-5-6-20-39-28-13-14-29-32(21-28)40-23-30(33(29)37)24-9-11-27(38-2)12-10-24/h3-4,7-14,21,23,26H,5-6,15-20,22H2,1-2H3. The number of hydrogen-bond acceptors (Lipinski definition) is 6. The summed E-state index contributed by atoms with van der Waals surface area (Å²) in [5, 5.41) is 0.530. The lowest BCUT2D eigenvalue weighted by Crippen LogP contribution is -2.43. The molecule has 0 N–H and O–H groups in total. The summed E-state index contributed by atoms with van der Waals surface area (Å²) in [6.45, 7) is 4.29. The Morgan fingerprint density at radius 1 is 1.00 bits per heavy atom. The lowest BCUT2D eigenvalue weighted by atomic mass is 10.0. The van der Waals surface area contributed by atoms with Gasteiger partial charge in [0.1, 0.15) is 29.2 Å². The number of ether oxygens (including phenoxy) is 2. The number of hydrogen-bond donors (Lipinski definition) is 0. The third kappa shape index (κ3) is 6.72. The summed E-state index contributed by atoms with van der Waals surface area (Å²) in [6.07, 6.45) is 5.69. The molecule has 0 unspecified atom stereocenters. The first-order valence-corrected chi connectivity index (χ1v) is 14.0. The normalized spacial score (nSPS) is 14.6. The van der Waals surface area contributed by atoms with Crippen LogP contribution >= 0.6 is 0 Å². The van der Waals surface area contributed by atoms with E-state index in [9.17, 15) is 9.18 Å². The minimum atomic E-state index is -0.115. The Bertz CT molecular complexity index is 1460. The molecule has 0 spiro atoms. The van der Waals surface area contributed by atoms with Crippen molar-refractivity contribution in [3.63, 3.8) is 0 Å². The van der Waals surface area contributed by atoms with Crippen LogP contribution in [0.25, 0.3) is 22.1 Å². The van der Waals surface area contributed by atoms with Crippen molar-refractivity contribution in [2.75, 3.05) is 40.4 Å².